The maximum Gasteiger partial charge on any atom is 0.224 e. The van der Waals surface area contributed by atoms with Gasteiger partial charge >= 0.3 is 0 Å². The topological polar surface area (TPSA) is 38.3 Å². The van der Waals surface area contributed by atoms with Crippen molar-refractivity contribution >= 4 is 27.5 Å². The molecule has 0 spiro atoms. The molecule has 4 heteroatoms. The van der Waals surface area contributed by atoms with E-state index in [-0.39, 0.29) is 11.3 Å². The number of rotatable bonds is 7. The minimum Gasteiger partial charge on any atom is -0.494 e. The highest BCUT2D eigenvalue weighted by atomic mass is 79.9. The van der Waals surface area contributed by atoms with Gasteiger partial charge in [0.1, 0.15) is 5.75 Å². The molecule has 0 aliphatic rings. The zero-order chi connectivity index (χ0) is 19.2. The van der Waals surface area contributed by atoms with Crippen LogP contribution < -0.4 is 10.1 Å². The van der Waals surface area contributed by atoms with Crippen LogP contribution >= 0.6 is 15.9 Å². The number of nitrogens with one attached hydrogen (secondary N) is 1. The van der Waals surface area contributed by atoms with Crippen LogP contribution in [0.1, 0.15) is 51.7 Å². The molecule has 140 valence electrons. The summed E-state index contributed by atoms with van der Waals surface area (Å²) in [7, 11) is 0. The molecule has 2 aromatic rings. The quantitative estimate of drug-likeness (QED) is 0.551. The zero-order valence-electron chi connectivity index (χ0n) is 16.1. The maximum atomic E-state index is 12.2. The van der Waals surface area contributed by atoms with E-state index in [0.717, 1.165) is 22.3 Å². The largest absolute Gasteiger partial charge is 0.494 e. The summed E-state index contributed by atoms with van der Waals surface area (Å²) in [6.07, 6.45) is 2.13. The van der Waals surface area contributed by atoms with Gasteiger partial charge in [0.2, 0.25) is 5.91 Å². The Kier molecular flexibility index (Phi) is 7.27. The van der Waals surface area contributed by atoms with Crippen molar-refractivity contribution in [3.05, 3.63) is 58.1 Å². The molecule has 0 atom stereocenters. The summed E-state index contributed by atoms with van der Waals surface area (Å²) < 4.78 is 6.60. The number of benzene rings is 2. The van der Waals surface area contributed by atoms with Gasteiger partial charge in [0.25, 0.3) is 0 Å². The fraction of sp³-hybridized carbons (Fsp3) is 0.409. The number of hydrogen-bond acceptors (Lipinski definition) is 2. The predicted molar refractivity (Wildman–Crippen MR) is 112 cm³/mol. The first-order valence-electron chi connectivity index (χ1n) is 9.11. The molecule has 1 N–H and O–H groups in total. The molecule has 26 heavy (non-hydrogen) atoms. The fourth-order valence-electron chi connectivity index (χ4n) is 2.54. The third kappa shape index (κ3) is 6.17. The first kappa shape index (κ1) is 20.5. The highest BCUT2D eigenvalue weighted by Gasteiger charge is 2.15. The number of anilines is 1. The van der Waals surface area contributed by atoms with Crippen LogP contribution in [-0.2, 0) is 16.6 Å². The van der Waals surface area contributed by atoms with Gasteiger partial charge in [-0.05, 0) is 69.6 Å². The molecule has 3 nitrogen and oxygen atoms in total. The van der Waals surface area contributed by atoms with Gasteiger partial charge in [-0.2, -0.15) is 0 Å². The Balaban J connectivity index is 1.78. The second-order valence-electron chi connectivity index (χ2n) is 7.44. The van der Waals surface area contributed by atoms with E-state index in [9.17, 15) is 4.79 Å². The summed E-state index contributed by atoms with van der Waals surface area (Å²) in [4.78, 5) is 12.2. The molecule has 2 aromatic carbocycles. The summed E-state index contributed by atoms with van der Waals surface area (Å²) in [5.41, 5.74) is 3.40. The van der Waals surface area contributed by atoms with Crippen LogP contribution in [0.3, 0.4) is 0 Å². The Labute approximate surface area is 165 Å². The third-order valence-electron chi connectivity index (χ3n) is 4.26. The van der Waals surface area contributed by atoms with Gasteiger partial charge in [0.05, 0.1) is 12.3 Å². The monoisotopic (exact) mass is 417 g/mol. The van der Waals surface area contributed by atoms with Crippen LogP contribution in [0, 0.1) is 0 Å². The van der Waals surface area contributed by atoms with Crippen molar-refractivity contribution in [1.82, 2.24) is 0 Å². The van der Waals surface area contributed by atoms with E-state index in [1.807, 2.05) is 18.2 Å². The van der Waals surface area contributed by atoms with E-state index in [4.69, 9.17) is 4.74 Å². The van der Waals surface area contributed by atoms with Crippen LogP contribution in [0.4, 0.5) is 5.69 Å². The lowest BCUT2D eigenvalue weighted by atomic mass is 9.87. The Hall–Kier alpha value is -1.81. The van der Waals surface area contributed by atoms with Crippen LogP contribution in [-0.4, -0.2) is 12.5 Å². The average molecular weight is 418 g/mol. The second kappa shape index (κ2) is 9.22. The first-order valence-corrected chi connectivity index (χ1v) is 9.90. The Morgan fingerprint density at radius 3 is 2.38 bits per heavy atom. The number of carbonyl (C=O) groups excluding carboxylic acids is 1. The number of aryl methyl sites for hydroxylation is 1. The summed E-state index contributed by atoms with van der Waals surface area (Å²) in [6, 6.07) is 14.2. The van der Waals surface area contributed by atoms with Gasteiger partial charge in [-0.15, -0.1) is 0 Å². The zero-order valence-corrected chi connectivity index (χ0v) is 17.7. The lowest BCUT2D eigenvalue weighted by Crippen LogP contribution is -2.14. The van der Waals surface area contributed by atoms with Crippen molar-refractivity contribution in [3.63, 3.8) is 0 Å². The minimum absolute atomic E-state index is 0.000797. The molecule has 0 saturated heterocycles. The van der Waals surface area contributed by atoms with Gasteiger partial charge in [-0.25, -0.2) is 0 Å². The first-order chi connectivity index (χ1) is 12.3. The third-order valence-corrected chi connectivity index (χ3v) is 4.91. The summed E-state index contributed by atoms with van der Waals surface area (Å²) in [6.45, 7) is 9.17. The lowest BCUT2D eigenvalue weighted by molar-refractivity contribution is -0.116. The van der Waals surface area contributed by atoms with E-state index >= 15 is 0 Å². The van der Waals surface area contributed by atoms with Gasteiger partial charge in [-0.3, -0.25) is 4.79 Å². The van der Waals surface area contributed by atoms with Crippen LogP contribution in [0.25, 0.3) is 0 Å². The Morgan fingerprint density at radius 1 is 1.12 bits per heavy atom. The number of carbonyl (C=O) groups is 1. The van der Waals surface area contributed by atoms with E-state index in [0.29, 0.717) is 19.4 Å². The van der Waals surface area contributed by atoms with Crippen molar-refractivity contribution in [1.29, 1.82) is 0 Å². The van der Waals surface area contributed by atoms with Gasteiger partial charge < -0.3 is 10.1 Å². The van der Waals surface area contributed by atoms with Crippen molar-refractivity contribution in [2.24, 2.45) is 0 Å². The number of halogens is 1. The molecule has 0 heterocycles. The molecule has 0 saturated carbocycles. The lowest BCUT2D eigenvalue weighted by Gasteiger charge is -2.20. The van der Waals surface area contributed by atoms with Crippen molar-refractivity contribution < 1.29 is 9.53 Å². The fourth-order valence-corrected chi connectivity index (χ4v) is 3.02. The van der Waals surface area contributed by atoms with Gasteiger partial charge in [0, 0.05) is 10.9 Å². The smallest absolute Gasteiger partial charge is 0.224 e. The standard InChI is InChI=1S/C22H28BrNO2/c1-5-16-8-11-18(12-9-16)26-14-6-7-21(25)24-20-13-10-17(15-19(20)23)22(2,3)4/h8-13,15H,5-7,14H2,1-4H3,(H,24,25). The molecule has 0 unspecified atom stereocenters. The van der Waals surface area contributed by atoms with Gasteiger partial charge in [0.15, 0.2) is 0 Å². The molecule has 2 rings (SSSR count). The molecule has 0 fully saturated rings. The van der Waals surface area contributed by atoms with Crippen LogP contribution in [0.2, 0.25) is 0 Å². The van der Waals surface area contributed by atoms with E-state index in [2.05, 4.69) is 73.2 Å². The van der Waals surface area contributed by atoms with E-state index < -0.39 is 0 Å². The summed E-state index contributed by atoms with van der Waals surface area (Å²) in [5, 5.41) is 2.96. The average Bonchev–Trinajstić information content (AvgIpc) is 2.60. The predicted octanol–water partition coefficient (Wildman–Crippen LogP) is 6.11. The minimum atomic E-state index is -0.000797. The molecule has 0 aliphatic carbocycles. The molecule has 0 radical (unpaired) electrons. The Morgan fingerprint density at radius 2 is 1.81 bits per heavy atom. The second-order valence-corrected chi connectivity index (χ2v) is 8.30. The maximum absolute atomic E-state index is 12.2. The molecule has 1 amide bonds. The highest BCUT2D eigenvalue weighted by Crippen LogP contribution is 2.30. The number of ether oxygens (including phenoxy) is 1. The Bertz CT molecular complexity index is 733. The van der Waals surface area contributed by atoms with E-state index in [1.165, 1.54) is 11.1 Å². The molecule has 0 aromatic heterocycles. The molecular formula is C22H28BrNO2. The summed E-state index contributed by atoms with van der Waals surface area (Å²) >= 11 is 3.55. The van der Waals surface area contributed by atoms with Crippen LogP contribution in [0.15, 0.2) is 46.9 Å². The summed E-state index contributed by atoms with van der Waals surface area (Å²) in [5.74, 6) is 0.849. The normalized spacial score (nSPS) is 11.3. The van der Waals surface area contributed by atoms with Crippen LogP contribution in [0.5, 0.6) is 5.75 Å². The number of hydrogen-bond donors (Lipinski definition) is 1. The molecule has 0 aliphatic heterocycles. The van der Waals surface area contributed by atoms with Crippen molar-refractivity contribution in [2.75, 3.05) is 11.9 Å². The SMILES string of the molecule is CCc1ccc(OCCCC(=O)Nc2ccc(C(C)(C)C)cc2Br)cc1. The highest BCUT2D eigenvalue weighted by molar-refractivity contribution is 9.10. The number of amides is 1. The molecular weight excluding hydrogens is 390 g/mol. The van der Waals surface area contributed by atoms with Gasteiger partial charge in [-0.1, -0.05) is 45.9 Å². The van der Waals surface area contributed by atoms with E-state index in [1.54, 1.807) is 0 Å². The molecule has 0 bridgehead atoms. The van der Waals surface area contributed by atoms with Crippen molar-refractivity contribution in [2.45, 2.75) is 52.4 Å². The van der Waals surface area contributed by atoms with Crippen molar-refractivity contribution in [3.8, 4) is 5.75 Å².